The van der Waals surface area contributed by atoms with E-state index in [4.69, 9.17) is 4.74 Å². The normalized spacial score (nSPS) is 15.4. The molecule has 0 saturated carbocycles. The van der Waals surface area contributed by atoms with E-state index in [1.54, 1.807) is 0 Å². The second kappa shape index (κ2) is 19.9. The molecule has 0 bridgehead atoms. The largest absolute Gasteiger partial charge is 0.507 e. The maximum absolute atomic E-state index is 12.8. The molecule has 0 amide bonds. The number of hydrogen-bond donors (Lipinski definition) is 1. The van der Waals surface area contributed by atoms with Crippen LogP contribution in [0.25, 0.3) is 0 Å². The number of carbonyl (C=O) groups excluding carboxylic acids is 1. The lowest BCUT2D eigenvalue weighted by atomic mass is 9.78. The third-order valence-electron chi connectivity index (χ3n) is 9.98. The Labute approximate surface area is 273 Å². The minimum absolute atomic E-state index is 0.0978. The number of carbonyl (C=O) groups is 1. The van der Waals surface area contributed by atoms with Gasteiger partial charge in [0.15, 0.2) is 0 Å². The number of ether oxygens (including phenoxy) is 1. The van der Waals surface area contributed by atoms with E-state index in [9.17, 15) is 9.90 Å². The summed E-state index contributed by atoms with van der Waals surface area (Å²) in [6.45, 7) is 20.3. The smallest absolute Gasteiger partial charge is 0.306 e. The molecule has 1 aliphatic heterocycles. The monoisotopic (exact) mass is 615 g/mol. The van der Waals surface area contributed by atoms with Gasteiger partial charge in [0, 0.05) is 6.42 Å². The van der Waals surface area contributed by atoms with Gasteiger partial charge in [0.1, 0.15) is 18.9 Å². The Morgan fingerprint density at radius 2 is 1.16 bits per heavy atom. The van der Waals surface area contributed by atoms with Crippen LogP contribution in [0.4, 0.5) is 0 Å². The molecule has 0 unspecified atom stereocenters. The lowest BCUT2D eigenvalue weighted by molar-refractivity contribution is -0.932. The third kappa shape index (κ3) is 14.7. The fourth-order valence-corrected chi connectivity index (χ4v) is 7.04. The fourth-order valence-electron chi connectivity index (χ4n) is 7.04. The van der Waals surface area contributed by atoms with Crippen LogP contribution in [0, 0.1) is 0 Å². The highest BCUT2D eigenvalue weighted by Gasteiger charge is 2.30. The van der Waals surface area contributed by atoms with E-state index in [1.807, 2.05) is 0 Å². The van der Waals surface area contributed by atoms with E-state index in [0.29, 0.717) is 25.2 Å². The maximum Gasteiger partial charge on any atom is 0.306 e. The van der Waals surface area contributed by atoms with Crippen LogP contribution in [0.3, 0.4) is 0 Å². The van der Waals surface area contributed by atoms with Crippen molar-refractivity contribution in [3.05, 3.63) is 28.8 Å². The number of hydrogen-bond acceptors (Lipinski definition) is 3. The topological polar surface area (TPSA) is 46.5 Å². The molecule has 1 saturated heterocycles. The Hall–Kier alpha value is -1.55. The molecule has 0 spiro atoms. The summed E-state index contributed by atoms with van der Waals surface area (Å²) in [7, 11) is 0. The predicted molar refractivity (Wildman–Crippen MR) is 189 cm³/mol. The van der Waals surface area contributed by atoms with Gasteiger partial charge in [0.2, 0.25) is 0 Å². The maximum atomic E-state index is 12.8. The van der Waals surface area contributed by atoms with E-state index >= 15 is 0 Å². The van der Waals surface area contributed by atoms with Gasteiger partial charge in [-0.25, -0.2) is 0 Å². The zero-order valence-electron chi connectivity index (χ0n) is 30.3. The highest BCUT2D eigenvalue weighted by Crippen LogP contribution is 2.40. The Morgan fingerprint density at radius 3 is 1.61 bits per heavy atom. The molecule has 1 aromatic rings. The molecule has 1 heterocycles. The van der Waals surface area contributed by atoms with Gasteiger partial charge in [-0.15, -0.1) is 0 Å². The van der Waals surface area contributed by atoms with Crippen molar-refractivity contribution in [3.63, 3.8) is 0 Å². The summed E-state index contributed by atoms with van der Waals surface area (Å²) in [6.07, 6.45) is 24.6. The van der Waals surface area contributed by atoms with Crippen molar-refractivity contribution in [1.29, 1.82) is 0 Å². The molecule has 1 aliphatic rings. The van der Waals surface area contributed by atoms with Crippen molar-refractivity contribution in [1.82, 2.24) is 0 Å². The van der Waals surface area contributed by atoms with Gasteiger partial charge in [-0.05, 0) is 66.0 Å². The molecular formula is C40H72NO3+. The predicted octanol–water partition coefficient (Wildman–Crippen LogP) is 10.9. The number of rotatable bonds is 21. The SMILES string of the molecule is CCCCCCCCCCCCCCCC[N+]1(CCOC(=O)CCc2cc(C(C)(C)C)c(O)c(C(C)(C)C)c2)CCCCC1. The number of aryl methyl sites for hydroxylation is 1. The Balaban J connectivity index is 1.70. The molecule has 0 radical (unpaired) electrons. The van der Waals surface area contributed by atoms with E-state index in [2.05, 4.69) is 60.6 Å². The number of esters is 1. The van der Waals surface area contributed by atoms with Crippen molar-refractivity contribution in [2.75, 3.05) is 32.8 Å². The van der Waals surface area contributed by atoms with Crippen molar-refractivity contribution in [2.45, 2.75) is 181 Å². The molecule has 254 valence electrons. The van der Waals surface area contributed by atoms with Gasteiger partial charge < -0.3 is 14.3 Å². The van der Waals surface area contributed by atoms with Crippen molar-refractivity contribution in [2.24, 2.45) is 0 Å². The van der Waals surface area contributed by atoms with E-state index < -0.39 is 0 Å². The number of quaternary nitrogens is 1. The lowest BCUT2D eigenvalue weighted by Crippen LogP contribution is -2.53. The van der Waals surface area contributed by atoms with Gasteiger partial charge in [0.25, 0.3) is 0 Å². The molecule has 4 nitrogen and oxygen atoms in total. The number of likely N-dealkylation sites (tertiary alicyclic amines) is 1. The number of unbranched alkanes of at least 4 members (excludes halogenated alkanes) is 13. The summed E-state index contributed by atoms with van der Waals surface area (Å²) in [5, 5.41) is 11.0. The van der Waals surface area contributed by atoms with Gasteiger partial charge in [0.05, 0.1) is 19.6 Å². The van der Waals surface area contributed by atoms with Gasteiger partial charge in [-0.2, -0.15) is 0 Å². The zero-order valence-corrected chi connectivity index (χ0v) is 30.3. The summed E-state index contributed by atoms with van der Waals surface area (Å²) >= 11 is 0. The van der Waals surface area contributed by atoms with Gasteiger partial charge in [-0.1, -0.05) is 138 Å². The number of phenolic OH excluding ortho intramolecular Hbond substituents is 1. The highest BCUT2D eigenvalue weighted by molar-refractivity contribution is 5.69. The van der Waals surface area contributed by atoms with E-state index in [1.165, 1.54) is 129 Å². The first-order chi connectivity index (χ1) is 20.9. The third-order valence-corrected chi connectivity index (χ3v) is 9.98. The summed E-state index contributed by atoms with van der Waals surface area (Å²) in [5.41, 5.74) is 2.67. The second-order valence-electron chi connectivity index (χ2n) is 16.2. The number of nitrogens with zero attached hydrogens (tertiary/aromatic N) is 1. The molecule has 0 aromatic heterocycles. The van der Waals surface area contributed by atoms with Crippen LogP contribution in [-0.4, -0.2) is 48.3 Å². The summed E-state index contributed by atoms with van der Waals surface area (Å²) in [5.74, 6) is 0.296. The fraction of sp³-hybridized carbons (Fsp3) is 0.825. The van der Waals surface area contributed by atoms with Crippen LogP contribution >= 0.6 is 0 Å². The van der Waals surface area contributed by atoms with Crippen LogP contribution in [-0.2, 0) is 26.8 Å². The Morgan fingerprint density at radius 1 is 0.705 bits per heavy atom. The van der Waals surface area contributed by atoms with Crippen LogP contribution in [0.1, 0.15) is 181 Å². The van der Waals surface area contributed by atoms with Gasteiger partial charge >= 0.3 is 5.97 Å². The van der Waals surface area contributed by atoms with E-state index in [-0.39, 0.29) is 16.8 Å². The Bertz CT molecular complexity index is 898. The first-order valence-electron chi connectivity index (χ1n) is 18.8. The molecule has 0 atom stereocenters. The minimum atomic E-state index is -0.167. The average molecular weight is 615 g/mol. The molecule has 0 aliphatic carbocycles. The molecule has 1 N–H and O–H groups in total. The molecule has 1 fully saturated rings. The molecular weight excluding hydrogens is 542 g/mol. The van der Waals surface area contributed by atoms with Crippen LogP contribution in [0.5, 0.6) is 5.75 Å². The number of phenols is 1. The first kappa shape index (κ1) is 38.6. The van der Waals surface area contributed by atoms with Gasteiger partial charge in [-0.3, -0.25) is 4.79 Å². The summed E-state index contributed by atoms with van der Waals surface area (Å²) in [4.78, 5) is 12.8. The zero-order chi connectivity index (χ0) is 32.5. The quantitative estimate of drug-likeness (QED) is 0.0851. The van der Waals surface area contributed by atoms with E-state index in [0.717, 1.165) is 27.7 Å². The van der Waals surface area contributed by atoms with Crippen molar-refractivity contribution < 1.29 is 19.1 Å². The highest BCUT2D eigenvalue weighted by atomic mass is 16.5. The molecule has 2 rings (SSSR count). The standard InChI is InChI=1S/C40H71NO3/c1-8-9-10-11-12-13-14-15-16-17-18-19-20-22-27-41(28-23-21-24-29-41)30-31-44-37(42)26-25-34-32-35(39(2,3)4)38(43)36(33-34)40(5,6)7/h32-33H,8-31H2,1-7H3/p+1. The summed E-state index contributed by atoms with van der Waals surface area (Å²) in [6, 6.07) is 4.17. The number of piperidine rings is 1. The Kier molecular flexibility index (Phi) is 17.4. The number of benzene rings is 1. The average Bonchev–Trinajstić information content (AvgIpc) is 2.96. The van der Waals surface area contributed by atoms with Crippen molar-refractivity contribution >= 4 is 5.97 Å². The summed E-state index contributed by atoms with van der Waals surface area (Å²) < 4.78 is 6.98. The van der Waals surface area contributed by atoms with Crippen LogP contribution in [0.15, 0.2) is 12.1 Å². The minimum Gasteiger partial charge on any atom is -0.507 e. The lowest BCUT2D eigenvalue weighted by Gasteiger charge is -2.41. The van der Waals surface area contributed by atoms with Crippen LogP contribution in [0.2, 0.25) is 0 Å². The van der Waals surface area contributed by atoms with Crippen LogP contribution < -0.4 is 0 Å². The molecule has 1 aromatic carbocycles. The second-order valence-corrected chi connectivity index (χ2v) is 16.2. The first-order valence-corrected chi connectivity index (χ1v) is 18.8. The van der Waals surface area contributed by atoms with Crippen molar-refractivity contribution in [3.8, 4) is 5.75 Å². The molecule has 44 heavy (non-hydrogen) atoms. The molecule has 4 heteroatoms. The number of aromatic hydroxyl groups is 1.